The number of nitro benzene ring substituents is 1. The van der Waals surface area contributed by atoms with Crippen LogP contribution in [0.5, 0.6) is 5.75 Å². The molecule has 2 rings (SSSR count). The van der Waals surface area contributed by atoms with Crippen molar-refractivity contribution in [3.05, 3.63) is 32.8 Å². The minimum Gasteiger partial charge on any atom is -0.490 e. The van der Waals surface area contributed by atoms with Gasteiger partial charge in [0.15, 0.2) is 0 Å². The van der Waals surface area contributed by atoms with Crippen molar-refractivity contribution in [1.29, 1.82) is 0 Å². The molecule has 1 aliphatic carbocycles. The van der Waals surface area contributed by atoms with E-state index in [-0.39, 0.29) is 11.2 Å². The quantitative estimate of drug-likeness (QED) is 0.513. The Hall–Kier alpha value is -1.14. The number of halogens is 1. The summed E-state index contributed by atoms with van der Waals surface area (Å²) in [4.78, 5) is 10.3. The maximum Gasteiger partial charge on any atom is 0.270 e. The van der Waals surface area contributed by atoms with Gasteiger partial charge in [-0.1, -0.05) is 25.7 Å². The number of benzene rings is 1. The lowest BCUT2D eigenvalue weighted by Crippen LogP contribution is -2.45. The minimum absolute atomic E-state index is 0.0427. The molecule has 0 heterocycles. The molecule has 1 aliphatic rings. The largest absolute Gasteiger partial charge is 0.490 e. The first-order valence-corrected chi connectivity index (χ1v) is 7.65. The number of hydrogen-bond acceptors (Lipinski definition) is 4. The van der Waals surface area contributed by atoms with Crippen LogP contribution in [0.1, 0.15) is 38.5 Å². The Balaban J connectivity index is 2.01. The Bertz CT molecular complexity index is 485. The zero-order valence-electron chi connectivity index (χ0n) is 11.3. The lowest BCUT2D eigenvalue weighted by molar-refractivity contribution is -0.385. The zero-order chi connectivity index (χ0) is 14.6. The third-order valence-corrected chi connectivity index (χ3v) is 4.36. The molecule has 1 aromatic rings. The smallest absolute Gasteiger partial charge is 0.270 e. The molecule has 1 fully saturated rings. The highest BCUT2D eigenvalue weighted by atomic mass is 79.9. The van der Waals surface area contributed by atoms with Gasteiger partial charge in [-0.2, -0.15) is 0 Å². The third-order valence-electron chi connectivity index (χ3n) is 3.74. The number of ether oxygens (including phenoxy) is 1. The summed E-state index contributed by atoms with van der Waals surface area (Å²) >= 11 is 3.30. The zero-order valence-corrected chi connectivity index (χ0v) is 12.9. The van der Waals surface area contributed by atoms with Crippen LogP contribution in [0.25, 0.3) is 0 Å². The van der Waals surface area contributed by atoms with Crippen LogP contribution in [0, 0.1) is 10.1 Å². The molecule has 2 N–H and O–H groups in total. The lowest BCUT2D eigenvalue weighted by Gasteiger charge is -2.28. The van der Waals surface area contributed by atoms with Crippen LogP contribution >= 0.6 is 15.9 Å². The van der Waals surface area contributed by atoms with E-state index in [1.54, 1.807) is 6.07 Å². The molecular formula is C14H19BrN2O3. The van der Waals surface area contributed by atoms with E-state index in [2.05, 4.69) is 15.9 Å². The summed E-state index contributed by atoms with van der Waals surface area (Å²) in [6.07, 6.45) is 6.69. The van der Waals surface area contributed by atoms with E-state index in [0.717, 1.165) is 25.7 Å². The molecule has 20 heavy (non-hydrogen) atoms. The normalized spacial score (nSPS) is 18.3. The number of nitro groups is 1. The summed E-state index contributed by atoms with van der Waals surface area (Å²) in [5, 5.41) is 10.7. The molecule has 0 unspecified atom stereocenters. The molecule has 0 bridgehead atoms. The highest BCUT2D eigenvalue weighted by Crippen LogP contribution is 2.31. The fourth-order valence-electron chi connectivity index (χ4n) is 2.52. The first-order valence-electron chi connectivity index (χ1n) is 6.86. The average Bonchev–Trinajstić information content (AvgIpc) is 2.62. The van der Waals surface area contributed by atoms with E-state index in [0.29, 0.717) is 16.8 Å². The minimum atomic E-state index is -0.426. The summed E-state index contributed by atoms with van der Waals surface area (Å²) in [6, 6.07) is 4.50. The molecule has 0 atom stereocenters. The van der Waals surface area contributed by atoms with Gasteiger partial charge in [0.1, 0.15) is 12.4 Å². The fourth-order valence-corrected chi connectivity index (χ4v) is 3.00. The molecular weight excluding hydrogens is 324 g/mol. The predicted octanol–water partition coefficient (Wildman–Crippen LogP) is 3.79. The lowest BCUT2D eigenvalue weighted by atomic mass is 9.92. The van der Waals surface area contributed by atoms with E-state index >= 15 is 0 Å². The predicted molar refractivity (Wildman–Crippen MR) is 80.9 cm³/mol. The van der Waals surface area contributed by atoms with Gasteiger partial charge < -0.3 is 10.5 Å². The van der Waals surface area contributed by atoms with Gasteiger partial charge in [0, 0.05) is 12.1 Å². The molecule has 5 nitrogen and oxygen atoms in total. The van der Waals surface area contributed by atoms with Crippen molar-refractivity contribution in [2.45, 2.75) is 44.1 Å². The second kappa shape index (κ2) is 6.54. The standard InChI is InChI=1S/C14H19BrN2O3/c15-12-9-11(17(18)19)5-6-13(12)20-10-14(16)7-3-1-2-4-8-14/h5-6,9H,1-4,7-8,10,16H2. The van der Waals surface area contributed by atoms with Crippen molar-refractivity contribution in [3.8, 4) is 5.75 Å². The summed E-state index contributed by atoms with van der Waals surface area (Å²) < 4.78 is 6.36. The van der Waals surface area contributed by atoms with Gasteiger partial charge >= 0.3 is 0 Å². The average molecular weight is 343 g/mol. The molecule has 110 valence electrons. The van der Waals surface area contributed by atoms with Gasteiger partial charge in [0.2, 0.25) is 0 Å². The van der Waals surface area contributed by atoms with E-state index < -0.39 is 4.92 Å². The van der Waals surface area contributed by atoms with Crippen molar-refractivity contribution in [2.75, 3.05) is 6.61 Å². The van der Waals surface area contributed by atoms with Crippen molar-refractivity contribution in [1.82, 2.24) is 0 Å². The molecule has 0 amide bonds. The molecule has 0 radical (unpaired) electrons. The van der Waals surface area contributed by atoms with Crippen LogP contribution in [0.4, 0.5) is 5.69 Å². The Morgan fingerprint density at radius 3 is 2.50 bits per heavy atom. The van der Waals surface area contributed by atoms with Gasteiger partial charge in [-0.3, -0.25) is 10.1 Å². The fraction of sp³-hybridized carbons (Fsp3) is 0.571. The first-order chi connectivity index (χ1) is 9.50. The Labute approximate surface area is 126 Å². The van der Waals surface area contributed by atoms with Crippen LogP contribution < -0.4 is 10.5 Å². The summed E-state index contributed by atoms with van der Waals surface area (Å²) in [5.41, 5.74) is 6.15. The SMILES string of the molecule is NC1(COc2ccc([N+](=O)[O-])cc2Br)CCCCCC1. The van der Waals surface area contributed by atoms with Crippen molar-refractivity contribution >= 4 is 21.6 Å². The second-order valence-electron chi connectivity index (χ2n) is 5.44. The van der Waals surface area contributed by atoms with Crippen molar-refractivity contribution in [2.24, 2.45) is 5.73 Å². The maximum atomic E-state index is 10.7. The summed E-state index contributed by atoms with van der Waals surface area (Å²) in [6.45, 7) is 0.448. The topological polar surface area (TPSA) is 78.4 Å². The molecule has 0 spiro atoms. The first kappa shape index (κ1) is 15.3. The third kappa shape index (κ3) is 3.93. The Morgan fingerprint density at radius 2 is 1.95 bits per heavy atom. The van der Waals surface area contributed by atoms with Gasteiger partial charge in [-0.25, -0.2) is 0 Å². The van der Waals surface area contributed by atoms with Gasteiger partial charge in [-0.15, -0.1) is 0 Å². The van der Waals surface area contributed by atoms with E-state index in [1.807, 2.05) is 0 Å². The number of rotatable bonds is 4. The molecule has 1 saturated carbocycles. The highest BCUT2D eigenvalue weighted by Gasteiger charge is 2.27. The monoisotopic (exact) mass is 342 g/mol. The second-order valence-corrected chi connectivity index (χ2v) is 6.29. The molecule has 0 aromatic heterocycles. The molecule has 1 aromatic carbocycles. The van der Waals surface area contributed by atoms with Crippen molar-refractivity contribution < 1.29 is 9.66 Å². The van der Waals surface area contributed by atoms with Crippen LogP contribution in [0.15, 0.2) is 22.7 Å². The van der Waals surface area contributed by atoms with Crippen LogP contribution in [0.3, 0.4) is 0 Å². The maximum absolute atomic E-state index is 10.7. The van der Waals surface area contributed by atoms with Crippen LogP contribution in [-0.2, 0) is 0 Å². The number of hydrogen-bond donors (Lipinski definition) is 1. The van der Waals surface area contributed by atoms with Gasteiger partial charge in [0.25, 0.3) is 5.69 Å². The molecule has 0 saturated heterocycles. The highest BCUT2D eigenvalue weighted by molar-refractivity contribution is 9.10. The van der Waals surface area contributed by atoms with E-state index in [9.17, 15) is 10.1 Å². The summed E-state index contributed by atoms with van der Waals surface area (Å²) in [7, 11) is 0. The number of non-ortho nitro benzene ring substituents is 1. The van der Waals surface area contributed by atoms with E-state index in [1.165, 1.54) is 25.0 Å². The van der Waals surface area contributed by atoms with Crippen molar-refractivity contribution in [3.63, 3.8) is 0 Å². The van der Waals surface area contributed by atoms with Crippen LogP contribution in [0.2, 0.25) is 0 Å². The Morgan fingerprint density at radius 1 is 1.30 bits per heavy atom. The Kier molecular flexibility index (Phi) is 4.99. The van der Waals surface area contributed by atoms with Crippen LogP contribution in [-0.4, -0.2) is 17.1 Å². The number of nitrogens with zero attached hydrogens (tertiary/aromatic N) is 1. The number of nitrogens with two attached hydrogens (primary N) is 1. The van der Waals surface area contributed by atoms with Gasteiger partial charge in [-0.05, 0) is 34.8 Å². The summed E-state index contributed by atoms with van der Waals surface area (Å²) in [5.74, 6) is 0.602. The van der Waals surface area contributed by atoms with Gasteiger partial charge in [0.05, 0.1) is 14.9 Å². The van der Waals surface area contributed by atoms with E-state index in [4.69, 9.17) is 10.5 Å². The molecule has 0 aliphatic heterocycles. The molecule has 6 heteroatoms.